The lowest BCUT2D eigenvalue weighted by molar-refractivity contribution is -0.167. The van der Waals surface area contributed by atoms with Crippen molar-refractivity contribution in [3.63, 3.8) is 0 Å². The topological polar surface area (TPSA) is 94.8 Å². The Labute approximate surface area is 223 Å². The first-order valence-electron chi connectivity index (χ1n) is 13.2. The molecule has 10 heteroatoms. The predicted molar refractivity (Wildman–Crippen MR) is 141 cm³/mol. The van der Waals surface area contributed by atoms with Crippen LogP contribution < -0.4 is 9.47 Å². The maximum Gasteiger partial charge on any atom is 0.254 e. The molecule has 2 aliphatic rings. The van der Waals surface area contributed by atoms with Gasteiger partial charge in [0.25, 0.3) is 5.91 Å². The molecule has 0 radical (unpaired) electrons. The highest BCUT2D eigenvalue weighted by molar-refractivity contribution is 5.86. The van der Waals surface area contributed by atoms with Crippen molar-refractivity contribution in [3.05, 3.63) is 65.5 Å². The number of aryl methyl sites for hydroxylation is 2. The fourth-order valence-electron chi connectivity index (χ4n) is 5.55. The first-order valence-corrected chi connectivity index (χ1v) is 13.2. The summed E-state index contributed by atoms with van der Waals surface area (Å²) in [6.07, 6.45) is 3.43. The predicted octanol–water partition coefficient (Wildman–Crippen LogP) is 2.74. The normalized spacial score (nSPS) is 18.0. The van der Waals surface area contributed by atoms with Crippen LogP contribution in [0.1, 0.15) is 42.3 Å². The summed E-state index contributed by atoms with van der Waals surface area (Å²) in [5.41, 5.74) is 1.51. The molecule has 1 aliphatic carbocycles. The number of hydrogen-bond acceptors (Lipinski definition) is 8. The summed E-state index contributed by atoms with van der Waals surface area (Å²) in [6, 6.07) is 15.9. The summed E-state index contributed by atoms with van der Waals surface area (Å²) >= 11 is 0. The van der Waals surface area contributed by atoms with E-state index in [1.54, 1.807) is 21.3 Å². The molecule has 202 valence electrons. The van der Waals surface area contributed by atoms with Crippen LogP contribution in [0.4, 0.5) is 0 Å². The highest BCUT2D eigenvalue weighted by Gasteiger charge is 2.47. The zero-order valence-electron chi connectivity index (χ0n) is 22.4. The number of rotatable bonds is 10. The van der Waals surface area contributed by atoms with E-state index in [0.29, 0.717) is 44.2 Å². The molecule has 2 heterocycles. The molecule has 1 saturated carbocycles. The fraction of sp³-hybridized carbons (Fsp3) is 0.500. The van der Waals surface area contributed by atoms with Gasteiger partial charge in [-0.3, -0.25) is 9.69 Å². The Bertz CT molecular complexity index is 1220. The second-order valence-electron chi connectivity index (χ2n) is 9.86. The number of ether oxygens (including phenoxy) is 3. The van der Waals surface area contributed by atoms with Gasteiger partial charge in [0.15, 0.2) is 17.3 Å². The molecule has 0 bridgehead atoms. The summed E-state index contributed by atoms with van der Waals surface area (Å²) < 4.78 is 19.0. The quantitative estimate of drug-likeness (QED) is 0.403. The molecule has 2 aromatic carbocycles. The number of tetrazole rings is 1. The molecule has 38 heavy (non-hydrogen) atoms. The van der Waals surface area contributed by atoms with Gasteiger partial charge in [-0.2, -0.15) is 0 Å². The van der Waals surface area contributed by atoms with E-state index < -0.39 is 5.60 Å². The molecule has 1 saturated heterocycles. The van der Waals surface area contributed by atoms with Crippen molar-refractivity contribution in [2.75, 3.05) is 47.5 Å². The van der Waals surface area contributed by atoms with Crippen molar-refractivity contribution in [1.82, 2.24) is 30.0 Å². The number of carbonyl (C=O) groups excluding carboxylic acids is 1. The first kappa shape index (κ1) is 26.1. The molecule has 1 aromatic heterocycles. The number of aromatic nitrogens is 4. The molecule has 1 aliphatic heterocycles. The number of para-hydroxylation sites is 1. The minimum atomic E-state index is -0.640. The molecular formula is C28H36N6O4. The third kappa shape index (κ3) is 4.98. The van der Waals surface area contributed by atoms with Gasteiger partial charge in [-0.05, 0) is 47.7 Å². The maximum absolute atomic E-state index is 13.3. The Morgan fingerprint density at radius 1 is 0.974 bits per heavy atom. The van der Waals surface area contributed by atoms with Crippen molar-refractivity contribution in [2.45, 2.75) is 43.9 Å². The maximum atomic E-state index is 13.3. The van der Waals surface area contributed by atoms with Crippen LogP contribution >= 0.6 is 0 Å². The van der Waals surface area contributed by atoms with E-state index in [1.807, 2.05) is 46.0 Å². The highest BCUT2D eigenvalue weighted by atomic mass is 16.5. The molecule has 0 N–H and O–H groups in total. The number of hydrogen-bond donors (Lipinski definition) is 0. The van der Waals surface area contributed by atoms with E-state index in [4.69, 9.17) is 14.2 Å². The molecular weight excluding hydrogens is 484 g/mol. The Morgan fingerprint density at radius 2 is 1.74 bits per heavy atom. The lowest BCUT2D eigenvalue weighted by Gasteiger charge is -2.45. The summed E-state index contributed by atoms with van der Waals surface area (Å²) in [6.45, 7) is 3.20. The molecule has 0 spiro atoms. The van der Waals surface area contributed by atoms with Crippen LogP contribution in [-0.2, 0) is 22.5 Å². The minimum Gasteiger partial charge on any atom is -0.493 e. The summed E-state index contributed by atoms with van der Waals surface area (Å²) in [4.78, 5) is 17.5. The number of amides is 1. The standard InChI is InChI=1S/C28H36N6O4/c1-36-23-12-7-11-22(25(23)37-2)24(26-29-30-31-34(26)16-13-21-9-5-4-6-10-21)32-17-19-33(20-18-32)27(35)28(38-3)14-8-15-28/h4-7,9-12,24H,8,13-20H2,1-3H3. The summed E-state index contributed by atoms with van der Waals surface area (Å²) in [5, 5.41) is 12.9. The Morgan fingerprint density at radius 3 is 2.37 bits per heavy atom. The second-order valence-corrected chi connectivity index (χ2v) is 9.86. The largest absolute Gasteiger partial charge is 0.493 e. The smallest absolute Gasteiger partial charge is 0.254 e. The molecule has 3 aromatic rings. The SMILES string of the molecule is COc1cccc(C(c2nnnn2CCc2ccccc2)N2CCN(C(=O)C3(OC)CCC3)CC2)c1OC. The van der Waals surface area contributed by atoms with E-state index in [2.05, 4.69) is 32.6 Å². The van der Waals surface area contributed by atoms with Crippen molar-refractivity contribution < 1.29 is 19.0 Å². The number of carbonyl (C=O) groups is 1. The van der Waals surface area contributed by atoms with E-state index in [-0.39, 0.29) is 11.9 Å². The third-order valence-corrected chi connectivity index (χ3v) is 7.90. The summed E-state index contributed by atoms with van der Waals surface area (Å²) in [7, 11) is 4.93. The van der Waals surface area contributed by atoms with Gasteiger partial charge < -0.3 is 19.1 Å². The van der Waals surface area contributed by atoms with Crippen LogP contribution in [0, 0.1) is 0 Å². The van der Waals surface area contributed by atoms with Crippen LogP contribution in [0.15, 0.2) is 48.5 Å². The average Bonchev–Trinajstić information content (AvgIpc) is 3.40. The molecule has 2 fully saturated rings. The highest BCUT2D eigenvalue weighted by Crippen LogP contribution is 2.41. The van der Waals surface area contributed by atoms with Gasteiger partial charge in [-0.1, -0.05) is 42.5 Å². The molecule has 5 rings (SSSR count). The average molecular weight is 521 g/mol. The zero-order valence-corrected chi connectivity index (χ0v) is 22.4. The van der Waals surface area contributed by atoms with Crippen molar-refractivity contribution in [3.8, 4) is 11.5 Å². The van der Waals surface area contributed by atoms with E-state index in [9.17, 15) is 4.79 Å². The zero-order chi connectivity index (χ0) is 26.5. The van der Waals surface area contributed by atoms with Gasteiger partial charge in [-0.15, -0.1) is 5.10 Å². The van der Waals surface area contributed by atoms with Crippen LogP contribution in [0.2, 0.25) is 0 Å². The lowest BCUT2D eigenvalue weighted by Crippen LogP contribution is -2.59. The Balaban J connectivity index is 1.43. The second kappa shape index (κ2) is 11.5. The van der Waals surface area contributed by atoms with Gasteiger partial charge in [0.2, 0.25) is 0 Å². The Hall–Kier alpha value is -3.50. The van der Waals surface area contributed by atoms with Gasteiger partial charge in [0, 0.05) is 45.4 Å². The molecule has 10 nitrogen and oxygen atoms in total. The van der Waals surface area contributed by atoms with Gasteiger partial charge in [-0.25, -0.2) is 4.68 Å². The monoisotopic (exact) mass is 520 g/mol. The third-order valence-electron chi connectivity index (χ3n) is 7.90. The van der Waals surface area contributed by atoms with Gasteiger partial charge in [0.1, 0.15) is 11.6 Å². The molecule has 1 unspecified atom stereocenters. The van der Waals surface area contributed by atoms with Gasteiger partial charge >= 0.3 is 0 Å². The number of benzene rings is 2. The van der Waals surface area contributed by atoms with Crippen molar-refractivity contribution >= 4 is 5.91 Å². The van der Waals surface area contributed by atoms with Crippen molar-refractivity contribution in [1.29, 1.82) is 0 Å². The van der Waals surface area contributed by atoms with E-state index >= 15 is 0 Å². The molecule has 1 atom stereocenters. The number of nitrogens with zero attached hydrogens (tertiary/aromatic N) is 6. The van der Waals surface area contributed by atoms with Crippen LogP contribution in [0.25, 0.3) is 0 Å². The van der Waals surface area contributed by atoms with E-state index in [0.717, 1.165) is 37.1 Å². The van der Waals surface area contributed by atoms with Crippen LogP contribution in [0.5, 0.6) is 11.5 Å². The number of piperazine rings is 1. The molecule has 1 amide bonds. The van der Waals surface area contributed by atoms with Crippen LogP contribution in [0.3, 0.4) is 0 Å². The minimum absolute atomic E-state index is 0.106. The number of methoxy groups -OCH3 is 3. The fourth-order valence-corrected chi connectivity index (χ4v) is 5.55. The lowest BCUT2D eigenvalue weighted by atomic mass is 9.78. The van der Waals surface area contributed by atoms with Crippen LogP contribution in [-0.4, -0.2) is 89.0 Å². The first-order chi connectivity index (χ1) is 18.6. The van der Waals surface area contributed by atoms with Crippen molar-refractivity contribution in [2.24, 2.45) is 0 Å². The summed E-state index contributed by atoms with van der Waals surface area (Å²) in [5.74, 6) is 2.15. The van der Waals surface area contributed by atoms with Gasteiger partial charge in [0.05, 0.1) is 14.2 Å². The Kier molecular flexibility index (Phi) is 7.90. The van der Waals surface area contributed by atoms with E-state index in [1.165, 1.54) is 5.56 Å².